The van der Waals surface area contributed by atoms with Gasteiger partial charge in [0, 0.05) is 30.7 Å². The lowest BCUT2D eigenvalue weighted by Crippen LogP contribution is -2.42. The molecule has 1 aliphatic rings. The smallest absolute Gasteiger partial charge is 0.279 e. The minimum absolute atomic E-state index is 0.202. The molecule has 0 spiro atoms. The van der Waals surface area contributed by atoms with Gasteiger partial charge >= 0.3 is 0 Å². The molecule has 6 nitrogen and oxygen atoms in total. The highest BCUT2D eigenvalue weighted by Gasteiger charge is 2.31. The number of carbonyl (C=O) groups excluding carboxylic acids is 1. The third-order valence-corrected chi connectivity index (χ3v) is 8.97. The maximum absolute atomic E-state index is 13.1. The third-order valence-electron chi connectivity index (χ3n) is 5.83. The molecule has 3 aromatic rings. The molecule has 2 unspecified atom stereocenters. The standard InChI is InChI=1S/C23H26ClN3O3S2/c1-14-9-15(2)13-27(12-14)32(29,30)19-7-5-17(6-8-19)22(28)25-23-26(4)21-16(3)10-18(24)11-20(21)31-23/h5-8,10-11,14-15H,9,12-13H2,1-4H3. The number of amides is 1. The zero-order valence-corrected chi connectivity index (χ0v) is 20.9. The maximum atomic E-state index is 13.1. The van der Waals surface area contributed by atoms with Crippen molar-refractivity contribution in [3.63, 3.8) is 0 Å². The molecule has 170 valence electrons. The molecule has 0 bridgehead atoms. The normalized spacial score (nSPS) is 20.7. The van der Waals surface area contributed by atoms with Crippen LogP contribution in [-0.2, 0) is 17.1 Å². The number of hydrogen-bond acceptors (Lipinski definition) is 4. The second-order valence-electron chi connectivity index (χ2n) is 8.72. The summed E-state index contributed by atoms with van der Waals surface area (Å²) in [5.41, 5.74) is 2.34. The van der Waals surface area contributed by atoms with Gasteiger partial charge in [0.15, 0.2) is 4.80 Å². The van der Waals surface area contributed by atoms with Crippen molar-refractivity contribution in [2.24, 2.45) is 23.9 Å². The topological polar surface area (TPSA) is 71.7 Å². The molecular weight excluding hydrogens is 466 g/mol. The zero-order valence-electron chi connectivity index (χ0n) is 18.5. The number of benzene rings is 2. The van der Waals surface area contributed by atoms with Crippen molar-refractivity contribution in [1.29, 1.82) is 0 Å². The van der Waals surface area contributed by atoms with Crippen molar-refractivity contribution in [2.75, 3.05) is 13.1 Å². The van der Waals surface area contributed by atoms with Crippen molar-refractivity contribution in [2.45, 2.75) is 32.1 Å². The summed E-state index contributed by atoms with van der Waals surface area (Å²) in [6, 6.07) is 9.80. The van der Waals surface area contributed by atoms with E-state index in [4.69, 9.17) is 11.6 Å². The van der Waals surface area contributed by atoms with E-state index >= 15 is 0 Å². The van der Waals surface area contributed by atoms with Crippen LogP contribution < -0.4 is 4.80 Å². The van der Waals surface area contributed by atoms with E-state index in [0.717, 1.165) is 22.2 Å². The second-order valence-corrected chi connectivity index (χ2v) is 12.1. The first-order valence-corrected chi connectivity index (χ1v) is 13.1. The Morgan fingerprint density at radius 3 is 2.38 bits per heavy atom. The average molecular weight is 492 g/mol. The molecule has 9 heteroatoms. The Hall–Kier alpha value is -2.00. The van der Waals surface area contributed by atoms with Gasteiger partial charge in [-0.3, -0.25) is 4.79 Å². The van der Waals surface area contributed by atoms with Crippen LogP contribution in [-0.4, -0.2) is 36.3 Å². The summed E-state index contributed by atoms with van der Waals surface area (Å²) in [5.74, 6) is 0.238. The van der Waals surface area contributed by atoms with Gasteiger partial charge in [0.2, 0.25) is 10.0 Å². The lowest BCUT2D eigenvalue weighted by Gasteiger charge is -2.34. The van der Waals surface area contributed by atoms with Crippen LogP contribution in [0.4, 0.5) is 0 Å². The van der Waals surface area contributed by atoms with E-state index in [1.807, 2.05) is 30.7 Å². The van der Waals surface area contributed by atoms with Crippen molar-refractivity contribution in [3.05, 3.63) is 57.3 Å². The number of aryl methyl sites for hydroxylation is 2. The highest BCUT2D eigenvalue weighted by molar-refractivity contribution is 7.89. The maximum Gasteiger partial charge on any atom is 0.279 e. The zero-order chi connectivity index (χ0) is 23.2. The Morgan fingerprint density at radius 2 is 1.75 bits per heavy atom. The van der Waals surface area contributed by atoms with Gasteiger partial charge in [0.25, 0.3) is 5.91 Å². The summed E-state index contributed by atoms with van der Waals surface area (Å²) in [4.78, 5) is 17.8. The van der Waals surface area contributed by atoms with Crippen molar-refractivity contribution < 1.29 is 13.2 Å². The number of carbonyl (C=O) groups is 1. The molecule has 0 aliphatic carbocycles. The van der Waals surface area contributed by atoms with E-state index in [2.05, 4.69) is 18.8 Å². The van der Waals surface area contributed by atoms with E-state index in [1.54, 1.807) is 4.31 Å². The molecule has 4 rings (SSSR count). The quantitative estimate of drug-likeness (QED) is 0.537. The van der Waals surface area contributed by atoms with Gasteiger partial charge in [0.1, 0.15) is 0 Å². The molecule has 2 aromatic carbocycles. The van der Waals surface area contributed by atoms with E-state index in [1.165, 1.54) is 35.6 Å². The van der Waals surface area contributed by atoms with Crippen LogP contribution in [0.3, 0.4) is 0 Å². The Kier molecular flexibility index (Phi) is 6.33. The number of nitrogens with zero attached hydrogens (tertiary/aromatic N) is 3. The Bertz CT molecular complexity index is 1350. The fourth-order valence-corrected chi connectivity index (χ4v) is 7.60. The molecule has 0 N–H and O–H groups in total. The first kappa shape index (κ1) is 23.2. The summed E-state index contributed by atoms with van der Waals surface area (Å²) < 4.78 is 30.5. The fraction of sp³-hybridized carbons (Fsp3) is 0.391. The van der Waals surface area contributed by atoms with Crippen LogP contribution >= 0.6 is 22.9 Å². The Morgan fingerprint density at radius 1 is 1.12 bits per heavy atom. The van der Waals surface area contributed by atoms with E-state index in [0.29, 0.717) is 40.3 Å². The number of hydrogen-bond donors (Lipinski definition) is 0. The number of thiazole rings is 1. The number of fused-ring (bicyclic) bond motifs is 1. The van der Waals surface area contributed by atoms with Crippen LogP contribution in [0, 0.1) is 18.8 Å². The first-order chi connectivity index (χ1) is 15.1. The Labute approximate surface area is 197 Å². The van der Waals surface area contributed by atoms with Gasteiger partial charge < -0.3 is 4.57 Å². The number of piperidine rings is 1. The largest absolute Gasteiger partial charge is 0.319 e. The van der Waals surface area contributed by atoms with E-state index in [-0.39, 0.29) is 4.90 Å². The van der Waals surface area contributed by atoms with Crippen molar-refractivity contribution in [1.82, 2.24) is 8.87 Å². The number of rotatable bonds is 3. The SMILES string of the molecule is Cc1cc(Cl)cc2sc(=NC(=O)c3ccc(S(=O)(=O)N4CC(C)CC(C)C4)cc3)n(C)c12. The van der Waals surface area contributed by atoms with Gasteiger partial charge in [-0.05, 0) is 67.1 Å². The summed E-state index contributed by atoms with van der Waals surface area (Å²) in [6.45, 7) is 7.16. The predicted octanol–water partition coefficient (Wildman–Crippen LogP) is 4.61. The Balaban J connectivity index is 1.62. The van der Waals surface area contributed by atoms with Crippen LogP contribution in [0.5, 0.6) is 0 Å². The summed E-state index contributed by atoms with van der Waals surface area (Å²) in [6.07, 6.45) is 1.03. The van der Waals surface area contributed by atoms with Gasteiger partial charge in [0.05, 0.1) is 15.1 Å². The fourth-order valence-electron chi connectivity index (χ4n) is 4.44. The monoisotopic (exact) mass is 491 g/mol. The molecule has 2 atom stereocenters. The molecule has 1 fully saturated rings. The molecule has 2 heterocycles. The number of aromatic nitrogens is 1. The minimum atomic E-state index is -3.59. The van der Waals surface area contributed by atoms with Gasteiger partial charge in [-0.1, -0.05) is 36.8 Å². The minimum Gasteiger partial charge on any atom is -0.319 e. The summed E-state index contributed by atoms with van der Waals surface area (Å²) >= 11 is 7.55. The van der Waals surface area contributed by atoms with Crippen molar-refractivity contribution in [3.8, 4) is 0 Å². The van der Waals surface area contributed by atoms with Crippen LogP contribution in [0.25, 0.3) is 10.2 Å². The van der Waals surface area contributed by atoms with E-state index < -0.39 is 15.9 Å². The second kappa shape index (κ2) is 8.74. The van der Waals surface area contributed by atoms with Crippen LogP contribution in [0.1, 0.15) is 36.2 Å². The summed E-state index contributed by atoms with van der Waals surface area (Å²) in [7, 11) is -1.72. The van der Waals surface area contributed by atoms with Gasteiger partial charge in [-0.25, -0.2) is 8.42 Å². The highest BCUT2D eigenvalue weighted by atomic mass is 35.5. The molecular formula is C23H26ClN3O3S2. The number of halogens is 1. The molecule has 1 saturated heterocycles. The third kappa shape index (κ3) is 4.41. The lowest BCUT2D eigenvalue weighted by molar-refractivity contribution is 0.0998. The van der Waals surface area contributed by atoms with E-state index in [9.17, 15) is 13.2 Å². The molecule has 32 heavy (non-hydrogen) atoms. The van der Waals surface area contributed by atoms with Crippen LogP contribution in [0.2, 0.25) is 5.02 Å². The van der Waals surface area contributed by atoms with Gasteiger partial charge in [-0.2, -0.15) is 9.30 Å². The molecule has 1 amide bonds. The van der Waals surface area contributed by atoms with Gasteiger partial charge in [-0.15, -0.1) is 0 Å². The molecule has 0 radical (unpaired) electrons. The highest BCUT2D eigenvalue weighted by Crippen LogP contribution is 2.27. The molecule has 0 saturated carbocycles. The predicted molar refractivity (Wildman–Crippen MR) is 129 cm³/mol. The number of sulfonamides is 1. The average Bonchev–Trinajstić information content (AvgIpc) is 3.02. The molecule has 1 aliphatic heterocycles. The lowest BCUT2D eigenvalue weighted by atomic mass is 9.94. The molecule has 1 aromatic heterocycles. The van der Waals surface area contributed by atoms with Crippen LogP contribution in [0.15, 0.2) is 46.3 Å². The summed E-state index contributed by atoms with van der Waals surface area (Å²) in [5, 5.41) is 0.643. The van der Waals surface area contributed by atoms with Crippen molar-refractivity contribution >= 4 is 49.1 Å². The first-order valence-electron chi connectivity index (χ1n) is 10.5.